The lowest BCUT2D eigenvalue weighted by Crippen LogP contribution is -2.37. The molecule has 20 heavy (non-hydrogen) atoms. The number of alkyl halides is 3. The molecule has 0 bridgehead atoms. The van der Waals surface area contributed by atoms with Crippen molar-refractivity contribution in [1.82, 2.24) is 0 Å². The van der Waals surface area contributed by atoms with E-state index < -0.39 is 29.4 Å². The highest BCUT2D eigenvalue weighted by atomic mass is 19.4. The Kier molecular flexibility index (Phi) is 5.43. The van der Waals surface area contributed by atoms with Crippen molar-refractivity contribution in [2.75, 3.05) is 0 Å². The number of carboxylic acid groups (broad SMARTS) is 1. The van der Waals surface area contributed by atoms with Gasteiger partial charge >= 0.3 is 12.1 Å². The van der Waals surface area contributed by atoms with Gasteiger partial charge in [0.05, 0.1) is 5.41 Å². The second kappa shape index (κ2) is 6.17. The second-order valence-electron chi connectivity index (χ2n) is 4.00. The maximum Gasteiger partial charge on any atom is 0.490 e. The molecule has 1 rings (SSSR count). The van der Waals surface area contributed by atoms with Gasteiger partial charge in [0.25, 0.3) is 5.91 Å². The Morgan fingerprint density at radius 3 is 2.00 bits per heavy atom. The van der Waals surface area contributed by atoms with Crippen molar-refractivity contribution in [2.24, 2.45) is 21.9 Å². The molecule has 112 valence electrons. The molecule has 1 atom stereocenters. The molecule has 0 fully saturated rings. The number of allylic oxidation sites excluding steroid dienone is 1. The minimum Gasteiger partial charge on any atom is -0.475 e. The van der Waals surface area contributed by atoms with Gasteiger partial charge in [-0.3, -0.25) is 14.6 Å². The van der Waals surface area contributed by atoms with E-state index in [1.807, 2.05) is 0 Å². The minimum atomic E-state index is -5.08. The summed E-state index contributed by atoms with van der Waals surface area (Å²) in [6, 6.07) is 0. The highest BCUT2D eigenvalue weighted by molar-refractivity contribution is 6.01. The van der Waals surface area contributed by atoms with Gasteiger partial charge in [0.2, 0.25) is 5.91 Å². The summed E-state index contributed by atoms with van der Waals surface area (Å²) in [4.78, 5) is 34.3. The minimum absolute atomic E-state index is 0.179. The van der Waals surface area contributed by atoms with Crippen LogP contribution in [0.3, 0.4) is 0 Å². The number of nitrogens with two attached hydrogens (primary N) is 2. The zero-order valence-corrected chi connectivity index (χ0v) is 10.3. The van der Waals surface area contributed by atoms with Crippen LogP contribution in [0.5, 0.6) is 0 Å². The third kappa shape index (κ3) is 5.08. The Morgan fingerprint density at radius 1 is 1.35 bits per heavy atom. The molecular formula is C10H12F3N3O4. The normalized spacial score (nSPS) is 21.3. The number of halogens is 3. The van der Waals surface area contributed by atoms with E-state index in [1.165, 1.54) is 12.3 Å². The molecule has 0 aromatic heterocycles. The summed E-state index contributed by atoms with van der Waals surface area (Å²) >= 11 is 0. The predicted octanol–water partition coefficient (Wildman–Crippen LogP) is -0.0450. The number of carbonyl (C=O) groups is 3. The average Bonchev–Trinajstić information content (AvgIpc) is 2.28. The van der Waals surface area contributed by atoms with Crippen molar-refractivity contribution < 1.29 is 32.7 Å². The highest BCUT2D eigenvalue weighted by Gasteiger charge is 2.38. The molecule has 0 spiro atoms. The Bertz CT molecular complexity index is 485. The molecule has 1 aliphatic rings. The summed E-state index contributed by atoms with van der Waals surface area (Å²) in [6.07, 6.45) is -1.83. The van der Waals surface area contributed by atoms with Crippen molar-refractivity contribution in [1.29, 1.82) is 0 Å². The Morgan fingerprint density at radius 2 is 1.80 bits per heavy atom. The summed E-state index contributed by atoms with van der Waals surface area (Å²) < 4.78 is 31.7. The van der Waals surface area contributed by atoms with E-state index >= 15 is 0 Å². The zero-order chi connectivity index (χ0) is 16.1. The van der Waals surface area contributed by atoms with Gasteiger partial charge in [-0.05, 0) is 13.3 Å². The van der Waals surface area contributed by atoms with Gasteiger partial charge in [0, 0.05) is 6.21 Å². The molecule has 0 radical (unpaired) electrons. The van der Waals surface area contributed by atoms with Crippen LogP contribution in [0.2, 0.25) is 0 Å². The third-order valence-corrected chi connectivity index (χ3v) is 2.27. The smallest absolute Gasteiger partial charge is 0.475 e. The van der Waals surface area contributed by atoms with Gasteiger partial charge in [0.1, 0.15) is 5.70 Å². The SMILES string of the molecule is CC1(C(N)=O)C=NC(C(N)=O)=CC1.O=C(O)C(F)(F)F. The molecule has 10 heteroatoms. The van der Waals surface area contributed by atoms with Crippen LogP contribution in [0.25, 0.3) is 0 Å². The van der Waals surface area contributed by atoms with Gasteiger partial charge < -0.3 is 16.6 Å². The fourth-order valence-electron chi connectivity index (χ4n) is 0.955. The molecule has 2 amide bonds. The molecular weight excluding hydrogens is 283 g/mol. The summed E-state index contributed by atoms with van der Waals surface area (Å²) in [5.41, 5.74) is 9.53. The maximum absolute atomic E-state index is 10.9. The summed E-state index contributed by atoms with van der Waals surface area (Å²) in [5, 5.41) is 7.12. The molecule has 5 N–H and O–H groups in total. The van der Waals surface area contributed by atoms with E-state index in [-0.39, 0.29) is 5.70 Å². The van der Waals surface area contributed by atoms with E-state index in [1.54, 1.807) is 6.92 Å². The van der Waals surface area contributed by atoms with Crippen molar-refractivity contribution in [3.8, 4) is 0 Å². The third-order valence-electron chi connectivity index (χ3n) is 2.27. The zero-order valence-electron chi connectivity index (χ0n) is 10.3. The number of aliphatic imine (C=N–C) groups is 1. The standard InChI is InChI=1S/C8H11N3O2.C2HF3O2/c1-8(7(10)13)3-2-5(6(9)12)11-4-8;3-2(4,5)1(6)7/h2,4H,3H2,1H3,(H2,9,12)(H2,10,13);(H,6,7). The van der Waals surface area contributed by atoms with Crippen molar-refractivity contribution >= 4 is 24.0 Å². The first-order valence-electron chi connectivity index (χ1n) is 5.05. The lowest BCUT2D eigenvalue weighted by molar-refractivity contribution is -0.192. The molecule has 1 unspecified atom stereocenters. The summed E-state index contributed by atoms with van der Waals surface area (Å²) in [7, 11) is 0. The Labute approximate surface area is 111 Å². The van der Waals surface area contributed by atoms with Gasteiger partial charge in [-0.15, -0.1) is 0 Å². The fourth-order valence-corrected chi connectivity index (χ4v) is 0.955. The van der Waals surface area contributed by atoms with Crippen LogP contribution in [0.4, 0.5) is 13.2 Å². The van der Waals surface area contributed by atoms with Crippen LogP contribution in [-0.2, 0) is 14.4 Å². The van der Waals surface area contributed by atoms with Crippen molar-refractivity contribution in [3.05, 3.63) is 11.8 Å². The largest absolute Gasteiger partial charge is 0.490 e. The Balaban J connectivity index is 0.000000441. The van der Waals surface area contributed by atoms with Crippen LogP contribution >= 0.6 is 0 Å². The number of nitrogens with zero attached hydrogens (tertiary/aromatic N) is 1. The number of primary amides is 2. The first kappa shape index (κ1) is 17.6. The number of carboxylic acids is 1. The number of amides is 2. The van der Waals surface area contributed by atoms with Crippen LogP contribution in [-0.4, -0.2) is 35.3 Å². The first-order valence-corrected chi connectivity index (χ1v) is 5.05. The van der Waals surface area contributed by atoms with Crippen LogP contribution < -0.4 is 11.5 Å². The van der Waals surface area contributed by atoms with Gasteiger partial charge in [-0.2, -0.15) is 13.2 Å². The summed E-state index contributed by atoms with van der Waals surface area (Å²) in [6.45, 7) is 1.66. The molecule has 0 aromatic carbocycles. The quantitative estimate of drug-likeness (QED) is 0.658. The number of aliphatic carboxylic acids is 1. The van der Waals surface area contributed by atoms with E-state index in [9.17, 15) is 22.8 Å². The molecule has 0 aromatic rings. The van der Waals surface area contributed by atoms with Crippen LogP contribution in [0.15, 0.2) is 16.8 Å². The van der Waals surface area contributed by atoms with Gasteiger partial charge in [0.15, 0.2) is 0 Å². The number of rotatable bonds is 2. The maximum atomic E-state index is 10.9. The highest BCUT2D eigenvalue weighted by Crippen LogP contribution is 2.24. The molecule has 1 heterocycles. The van der Waals surface area contributed by atoms with Crippen LogP contribution in [0, 0.1) is 5.41 Å². The monoisotopic (exact) mass is 295 g/mol. The Hall–Kier alpha value is -2.39. The number of hydrogen-bond acceptors (Lipinski definition) is 4. The molecule has 0 saturated carbocycles. The van der Waals surface area contributed by atoms with Crippen LogP contribution in [0.1, 0.15) is 13.3 Å². The molecule has 7 nitrogen and oxygen atoms in total. The number of carbonyl (C=O) groups excluding carboxylic acids is 2. The van der Waals surface area contributed by atoms with Gasteiger partial charge in [-0.25, -0.2) is 4.79 Å². The second-order valence-corrected chi connectivity index (χ2v) is 4.00. The van der Waals surface area contributed by atoms with E-state index in [0.29, 0.717) is 6.42 Å². The van der Waals surface area contributed by atoms with Crippen molar-refractivity contribution in [2.45, 2.75) is 19.5 Å². The van der Waals surface area contributed by atoms with Crippen molar-refractivity contribution in [3.63, 3.8) is 0 Å². The van der Waals surface area contributed by atoms with Gasteiger partial charge in [-0.1, -0.05) is 6.08 Å². The lowest BCUT2D eigenvalue weighted by Gasteiger charge is -2.22. The van der Waals surface area contributed by atoms with E-state index in [2.05, 4.69) is 4.99 Å². The molecule has 0 saturated heterocycles. The molecule has 0 aliphatic carbocycles. The van der Waals surface area contributed by atoms with E-state index in [0.717, 1.165) is 0 Å². The fraction of sp³-hybridized carbons (Fsp3) is 0.400. The predicted molar refractivity (Wildman–Crippen MR) is 61.4 cm³/mol. The average molecular weight is 295 g/mol. The number of hydrogen-bond donors (Lipinski definition) is 3. The van der Waals surface area contributed by atoms with E-state index in [4.69, 9.17) is 21.4 Å². The first-order chi connectivity index (χ1) is 8.90. The summed E-state index contributed by atoms with van der Waals surface area (Å²) in [5.74, 6) is -3.81. The topological polar surface area (TPSA) is 136 Å². The lowest BCUT2D eigenvalue weighted by atomic mass is 9.85. The molecule has 1 aliphatic heterocycles.